The molecule has 3 N–H and O–H groups in total. The van der Waals surface area contributed by atoms with E-state index in [1.165, 1.54) is 10.4 Å². The van der Waals surface area contributed by atoms with E-state index in [-0.39, 0.29) is 40.4 Å². The number of halogens is 3. The van der Waals surface area contributed by atoms with Crippen LogP contribution in [-0.4, -0.2) is 71.5 Å². The summed E-state index contributed by atoms with van der Waals surface area (Å²) in [4.78, 5) is 24.1. The van der Waals surface area contributed by atoms with E-state index < -0.39 is 27.3 Å². The number of hydrogen-bond donors (Lipinski definition) is 2. The van der Waals surface area contributed by atoms with Gasteiger partial charge in [-0.3, -0.25) is 4.79 Å². The van der Waals surface area contributed by atoms with Gasteiger partial charge in [0.1, 0.15) is 5.56 Å². The summed E-state index contributed by atoms with van der Waals surface area (Å²) >= 11 is 1.16. The smallest absolute Gasteiger partial charge is 0.351 e. The average molecular weight is 559 g/mol. The molecule has 0 saturated carbocycles. The quantitative estimate of drug-likeness (QED) is 0.579. The van der Waals surface area contributed by atoms with Gasteiger partial charge in [0, 0.05) is 42.8 Å². The van der Waals surface area contributed by atoms with Crippen molar-refractivity contribution in [3.8, 4) is 10.6 Å². The first-order valence-electron chi connectivity index (χ1n) is 12.1. The van der Waals surface area contributed by atoms with Crippen molar-refractivity contribution in [2.45, 2.75) is 56.9 Å². The van der Waals surface area contributed by atoms with Gasteiger partial charge in [-0.15, -0.1) is 11.3 Å². The minimum atomic E-state index is -4.69. The summed E-state index contributed by atoms with van der Waals surface area (Å²) in [7, 11) is -3.33. The van der Waals surface area contributed by atoms with Crippen LogP contribution in [0.25, 0.3) is 10.6 Å². The fourth-order valence-corrected chi connectivity index (χ4v) is 8.18. The lowest BCUT2D eigenvalue weighted by Crippen LogP contribution is -2.47. The Balaban J connectivity index is 1.49. The number of hydrogen-bond acceptors (Lipinski definition) is 8. The molecule has 2 unspecified atom stereocenters. The van der Waals surface area contributed by atoms with Gasteiger partial charge in [-0.1, -0.05) is 13.8 Å². The van der Waals surface area contributed by atoms with E-state index in [2.05, 4.69) is 15.3 Å². The molecule has 2 aromatic rings. The van der Waals surface area contributed by atoms with Gasteiger partial charge in [0.15, 0.2) is 0 Å². The van der Waals surface area contributed by atoms with Crippen LogP contribution >= 0.6 is 11.3 Å². The highest BCUT2D eigenvalue weighted by Gasteiger charge is 2.55. The first-order valence-corrected chi connectivity index (χ1v) is 14.8. The Bertz CT molecular complexity index is 1350. The number of alkyl halides is 3. The van der Waals surface area contributed by atoms with Crippen molar-refractivity contribution in [2.24, 2.45) is 11.7 Å². The molecule has 0 aromatic carbocycles. The molecular formula is C23H29F3N6O3S2. The normalized spacial score (nSPS) is 28.5. The Morgan fingerprint density at radius 3 is 2.68 bits per heavy atom. The maximum atomic E-state index is 14.0. The van der Waals surface area contributed by atoms with Crippen LogP contribution in [0.3, 0.4) is 0 Å². The SMILES string of the molecule is CCC12CC(N)CN1C(=O)c1cc(-c3nc(N[C@H]4CCN(S(C)(=O)=O)C[C@H]4C)ncc3C(F)(F)F)sc12. The highest BCUT2D eigenvalue weighted by molar-refractivity contribution is 7.88. The first kappa shape index (κ1) is 26.3. The molecule has 2 aromatic heterocycles. The van der Waals surface area contributed by atoms with Gasteiger partial charge in [-0.05, 0) is 31.2 Å². The molecule has 3 aliphatic heterocycles. The Morgan fingerprint density at radius 1 is 1.32 bits per heavy atom. The molecule has 5 rings (SSSR count). The van der Waals surface area contributed by atoms with Crippen molar-refractivity contribution in [2.75, 3.05) is 31.2 Å². The summed E-state index contributed by atoms with van der Waals surface area (Å²) in [6.07, 6.45) is -1.12. The van der Waals surface area contributed by atoms with Crippen LogP contribution < -0.4 is 11.1 Å². The van der Waals surface area contributed by atoms with Crippen LogP contribution in [0.4, 0.5) is 19.1 Å². The second-order valence-electron chi connectivity index (χ2n) is 10.2. The monoisotopic (exact) mass is 558 g/mol. The summed E-state index contributed by atoms with van der Waals surface area (Å²) < 4.78 is 67.1. The largest absolute Gasteiger partial charge is 0.420 e. The lowest BCUT2D eigenvalue weighted by Gasteiger charge is -2.35. The van der Waals surface area contributed by atoms with E-state index >= 15 is 0 Å². The maximum absolute atomic E-state index is 14.0. The summed E-state index contributed by atoms with van der Waals surface area (Å²) in [6, 6.07) is 1.12. The average Bonchev–Trinajstić information content (AvgIpc) is 3.45. The highest BCUT2D eigenvalue weighted by atomic mass is 32.2. The number of carbonyl (C=O) groups excluding carboxylic acids is 1. The molecule has 1 amide bonds. The van der Waals surface area contributed by atoms with Crippen molar-refractivity contribution < 1.29 is 26.4 Å². The minimum absolute atomic E-state index is 0.0299. The number of rotatable bonds is 5. The molecule has 4 atom stereocenters. The molecule has 3 aliphatic rings. The Labute approximate surface area is 217 Å². The van der Waals surface area contributed by atoms with Crippen molar-refractivity contribution >= 4 is 33.2 Å². The summed E-state index contributed by atoms with van der Waals surface area (Å²) in [6.45, 7) is 4.84. The van der Waals surface area contributed by atoms with Gasteiger partial charge in [-0.25, -0.2) is 22.7 Å². The lowest BCUT2D eigenvalue weighted by molar-refractivity contribution is -0.137. The number of sulfonamides is 1. The summed E-state index contributed by atoms with van der Waals surface area (Å²) in [5, 5.41) is 3.11. The van der Waals surface area contributed by atoms with Crippen molar-refractivity contribution in [3.05, 3.63) is 28.3 Å². The zero-order valence-corrected chi connectivity index (χ0v) is 22.3. The topological polar surface area (TPSA) is 122 Å². The third-order valence-corrected chi connectivity index (χ3v) is 10.3. The van der Waals surface area contributed by atoms with Crippen molar-refractivity contribution in [1.82, 2.24) is 19.2 Å². The van der Waals surface area contributed by atoms with Crippen LogP contribution in [0.2, 0.25) is 0 Å². The van der Waals surface area contributed by atoms with E-state index in [4.69, 9.17) is 5.73 Å². The number of thiophene rings is 1. The number of aromatic nitrogens is 2. The van der Waals surface area contributed by atoms with Crippen LogP contribution in [0.1, 0.15) is 53.9 Å². The number of nitrogens with two attached hydrogens (primary N) is 1. The molecule has 2 saturated heterocycles. The van der Waals surface area contributed by atoms with E-state index in [0.717, 1.165) is 28.7 Å². The second-order valence-corrected chi connectivity index (χ2v) is 13.2. The molecule has 37 heavy (non-hydrogen) atoms. The first-order chi connectivity index (χ1) is 17.2. The van der Waals surface area contributed by atoms with Crippen LogP contribution in [0.15, 0.2) is 12.3 Å². The fourth-order valence-electron chi connectivity index (χ4n) is 5.80. The number of fused-ring (bicyclic) bond motifs is 3. The molecule has 202 valence electrons. The third-order valence-electron chi connectivity index (χ3n) is 7.73. The minimum Gasteiger partial charge on any atom is -0.351 e. The van der Waals surface area contributed by atoms with Gasteiger partial charge >= 0.3 is 6.18 Å². The van der Waals surface area contributed by atoms with Gasteiger partial charge in [0.25, 0.3) is 5.91 Å². The zero-order valence-electron chi connectivity index (χ0n) is 20.7. The molecule has 9 nitrogen and oxygen atoms in total. The molecular weight excluding hydrogens is 529 g/mol. The number of piperidine rings is 1. The number of amides is 1. The van der Waals surface area contributed by atoms with Crippen molar-refractivity contribution in [3.63, 3.8) is 0 Å². The predicted molar refractivity (Wildman–Crippen MR) is 134 cm³/mol. The standard InChI is InChI=1S/C23H29F3N6O3S2/c1-4-22-8-13(27)11-32(22)20(33)14-7-17(36-19(14)22)18-15(23(24,25)26)9-28-21(30-18)29-16-5-6-31(10-12(16)2)37(3,34)35/h7,9,12-13,16H,4-6,8,10-11,27H2,1-3H3,(H,28,29,30)/t12-,13?,16+,22?/m1/s1. The van der Waals surface area contributed by atoms with E-state index in [1.54, 1.807) is 4.90 Å². The summed E-state index contributed by atoms with van der Waals surface area (Å²) in [5.41, 5.74) is 4.72. The Morgan fingerprint density at radius 2 is 2.05 bits per heavy atom. The van der Waals surface area contributed by atoms with Crippen LogP contribution in [-0.2, 0) is 21.7 Å². The maximum Gasteiger partial charge on any atom is 0.420 e. The van der Waals surface area contributed by atoms with E-state index in [1.807, 2.05) is 13.8 Å². The molecule has 5 heterocycles. The van der Waals surface area contributed by atoms with Crippen LogP contribution in [0, 0.1) is 5.92 Å². The second kappa shape index (κ2) is 8.89. The predicted octanol–water partition coefficient (Wildman–Crippen LogP) is 3.10. The molecule has 2 fully saturated rings. The zero-order chi connectivity index (χ0) is 26.9. The van der Waals surface area contributed by atoms with Gasteiger partial charge in [0.05, 0.1) is 27.9 Å². The van der Waals surface area contributed by atoms with Gasteiger partial charge in [0.2, 0.25) is 16.0 Å². The number of carbonyl (C=O) groups is 1. The van der Waals surface area contributed by atoms with Gasteiger partial charge < -0.3 is 16.0 Å². The van der Waals surface area contributed by atoms with Gasteiger partial charge in [-0.2, -0.15) is 13.2 Å². The third kappa shape index (κ3) is 4.41. The molecule has 0 aliphatic carbocycles. The van der Waals surface area contributed by atoms with E-state index in [0.29, 0.717) is 44.5 Å². The highest BCUT2D eigenvalue weighted by Crippen LogP contribution is 2.53. The number of nitrogens with one attached hydrogen (secondary N) is 1. The molecule has 0 radical (unpaired) electrons. The number of anilines is 1. The number of nitrogens with zero attached hydrogens (tertiary/aromatic N) is 4. The van der Waals surface area contributed by atoms with Crippen molar-refractivity contribution in [1.29, 1.82) is 0 Å². The lowest BCUT2D eigenvalue weighted by atomic mass is 9.91. The summed E-state index contributed by atoms with van der Waals surface area (Å²) in [5.74, 6) is -0.287. The molecule has 0 spiro atoms. The Hall–Kier alpha value is -2.29. The molecule has 14 heteroatoms. The fraction of sp³-hybridized carbons (Fsp3) is 0.609. The van der Waals surface area contributed by atoms with Crippen LogP contribution in [0.5, 0.6) is 0 Å². The molecule has 0 bridgehead atoms. The Kier molecular flexibility index (Phi) is 6.32. The van der Waals surface area contributed by atoms with E-state index in [9.17, 15) is 26.4 Å².